The van der Waals surface area contributed by atoms with Gasteiger partial charge in [0.15, 0.2) is 0 Å². The molecule has 1 fully saturated rings. The van der Waals surface area contributed by atoms with E-state index in [1.54, 1.807) is 32.9 Å². The Bertz CT molecular complexity index is 778. The van der Waals surface area contributed by atoms with Crippen molar-refractivity contribution in [2.75, 3.05) is 19.6 Å². The van der Waals surface area contributed by atoms with Gasteiger partial charge >= 0.3 is 6.09 Å². The molecule has 2 rings (SSSR count). The van der Waals surface area contributed by atoms with Gasteiger partial charge in [0.1, 0.15) is 5.60 Å². The SMILES string of the molecule is CC(C)(C)OC(=O)NCC1CCCN(S(=O)(=O)Cc2ccc(Cl)cc2Cl)C1. The summed E-state index contributed by atoms with van der Waals surface area (Å²) < 4.78 is 32.3. The van der Waals surface area contributed by atoms with Gasteiger partial charge in [-0.25, -0.2) is 17.5 Å². The number of hydrogen-bond donors (Lipinski definition) is 1. The van der Waals surface area contributed by atoms with Gasteiger partial charge in [-0.2, -0.15) is 0 Å². The molecule has 1 aromatic rings. The molecule has 0 radical (unpaired) electrons. The Morgan fingerprint density at radius 2 is 2.04 bits per heavy atom. The summed E-state index contributed by atoms with van der Waals surface area (Å²) in [5, 5.41) is 3.53. The van der Waals surface area contributed by atoms with E-state index < -0.39 is 21.7 Å². The number of rotatable bonds is 5. The van der Waals surface area contributed by atoms with Crippen LogP contribution < -0.4 is 5.32 Å². The molecule has 0 aliphatic carbocycles. The van der Waals surface area contributed by atoms with Crippen molar-refractivity contribution in [3.8, 4) is 0 Å². The van der Waals surface area contributed by atoms with Gasteiger partial charge < -0.3 is 10.1 Å². The predicted octanol–water partition coefficient (Wildman–Crippen LogP) is 4.06. The normalized spacial score (nSPS) is 18.9. The molecule has 1 amide bonds. The van der Waals surface area contributed by atoms with Crippen LogP contribution in [-0.4, -0.2) is 44.1 Å². The average molecular weight is 437 g/mol. The number of sulfonamides is 1. The van der Waals surface area contributed by atoms with Crippen molar-refractivity contribution in [1.82, 2.24) is 9.62 Å². The zero-order valence-corrected chi connectivity index (χ0v) is 18.1. The van der Waals surface area contributed by atoms with E-state index in [9.17, 15) is 13.2 Å². The summed E-state index contributed by atoms with van der Waals surface area (Å²) in [6, 6.07) is 4.80. The van der Waals surface area contributed by atoms with Crippen molar-refractivity contribution in [3.05, 3.63) is 33.8 Å². The number of carbonyl (C=O) groups is 1. The largest absolute Gasteiger partial charge is 0.444 e. The molecule has 0 aromatic heterocycles. The third-order valence-corrected chi connectivity index (χ3v) is 6.54. The second-order valence-electron chi connectivity index (χ2n) is 7.74. The number of hydrogen-bond acceptors (Lipinski definition) is 4. The van der Waals surface area contributed by atoms with Crippen LogP contribution in [0.3, 0.4) is 0 Å². The highest BCUT2D eigenvalue weighted by molar-refractivity contribution is 7.88. The molecule has 1 aromatic carbocycles. The van der Waals surface area contributed by atoms with Gasteiger partial charge in [-0.15, -0.1) is 0 Å². The Morgan fingerprint density at radius 3 is 2.67 bits per heavy atom. The predicted molar refractivity (Wildman–Crippen MR) is 108 cm³/mol. The van der Waals surface area contributed by atoms with Crippen LogP contribution in [0.4, 0.5) is 4.79 Å². The Labute approximate surface area is 171 Å². The Hall–Kier alpha value is -1.02. The molecule has 1 saturated heterocycles. The number of halogens is 2. The number of amides is 1. The fraction of sp³-hybridized carbons (Fsp3) is 0.611. The van der Waals surface area contributed by atoms with Crippen LogP contribution in [0.5, 0.6) is 0 Å². The van der Waals surface area contributed by atoms with Crippen LogP contribution in [-0.2, 0) is 20.5 Å². The molecule has 1 aliphatic heterocycles. The lowest BCUT2D eigenvalue weighted by Crippen LogP contribution is -2.44. The highest BCUT2D eigenvalue weighted by atomic mass is 35.5. The highest BCUT2D eigenvalue weighted by Crippen LogP contribution is 2.26. The second-order valence-corrected chi connectivity index (χ2v) is 10.6. The third-order valence-electron chi connectivity index (χ3n) is 4.16. The average Bonchev–Trinajstić information content (AvgIpc) is 2.54. The minimum Gasteiger partial charge on any atom is -0.444 e. The smallest absolute Gasteiger partial charge is 0.407 e. The fourth-order valence-electron chi connectivity index (χ4n) is 2.91. The second kappa shape index (κ2) is 8.99. The zero-order valence-electron chi connectivity index (χ0n) is 15.8. The van der Waals surface area contributed by atoms with Crippen molar-refractivity contribution in [2.24, 2.45) is 5.92 Å². The van der Waals surface area contributed by atoms with Crippen molar-refractivity contribution in [2.45, 2.75) is 45.0 Å². The number of nitrogens with zero attached hydrogens (tertiary/aromatic N) is 1. The lowest BCUT2D eigenvalue weighted by atomic mass is 10.00. The molecule has 1 N–H and O–H groups in total. The number of carbonyl (C=O) groups excluding carboxylic acids is 1. The molecule has 0 spiro atoms. The van der Waals surface area contributed by atoms with Gasteiger partial charge in [0.25, 0.3) is 0 Å². The molecule has 0 bridgehead atoms. The summed E-state index contributed by atoms with van der Waals surface area (Å²) in [6.45, 7) is 6.60. The first-order valence-electron chi connectivity index (χ1n) is 8.85. The molecule has 0 saturated carbocycles. The van der Waals surface area contributed by atoms with Crippen LogP contribution >= 0.6 is 23.2 Å². The maximum absolute atomic E-state index is 12.8. The first-order valence-corrected chi connectivity index (χ1v) is 11.2. The highest BCUT2D eigenvalue weighted by Gasteiger charge is 2.30. The quantitative estimate of drug-likeness (QED) is 0.754. The fourth-order valence-corrected chi connectivity index (χ4v) is 5.14. The monoisotopic (exact) mass is 436 g/mol. The van der Waals surface area contributed by atoms with Crippen molar-refractivity contribution in [3.63, 3.8) is 0 Å². The number of benzene rings is 1. The molecule has 1 unspecified atom stereocenters. The standard InChI is InChI=1S/C18H26Cl2N2O4S/c1-18(2,3)26-17(23)21-10-13-5-4-8-22(11-13)27(24,25)12-14-6-7-15(19)9-16(14)20/h6-7,9,13H,4-5,8,10-12H2,1-3H3,(H,21,23). The van der Waals surface area contributed by atoms with Crippen LogP contribution in [0.1, 0.15) is 39.2 Å². The summed E-state index contributed by atoms with van der Waals surface area (Å²) in [5.74, 6) is -0.128. The molecular formula is C18H26Cl2N2O4S. The van der Waals surface area contributed by atoms with Gasteiger partial charge in [-0.05, 0) is 57.2 Å². The van der Waals surface area contributed by atoms with E-state index >= 15 is 0 Å². The molecule has 6 nitrogen and oxygen atoms in total. The molecule has 1 aliphatic rings. The number of ether oxygens (including phenoxy) is 1. The minimum absolute atomic E-state index is 0.0433. The summed E-state index contributed by atoms with van der Waals surface area (Å²) >= 11 is 12.0. The van der Waals surface area contributed by atoms with E-state index in [1.165, 1.54) is 10.4 Å². The lowest BCUT2D eigenvalue weighted by Gasteiger charge is -2.32. The summed E-state index contributed by atoms with van der Waals surface area (Å²) in [7, 11) is -3.51. The Morgan fingerprint density at radius 1 is 1.33 bits per heavy atom. The van der Waals surface area contributed by atoms with E-state index in [0.717, 1.165) is 12.8 Å². The van der Waals surface area contributed by atoms with Gasteiger partial charge in [-0.3, -0.25) is 0 Å². The summed E-state index contributed by atoms with van der Waals surface area (Å²) in [6.07, 6.45) is 1.10. The van der Waals surface area contributed by atoms with E-state index in [-0.39, 0.29) is 11.7 Å². The first-order chi connectivity index (χ1) is 12.5. The maximum atomic E-state index is 12.8. The topological polar surface area (TPSA) is 75.7 Å². The maximum Gasteiger partial charge on any atom is 0.407 e. The molecule has 1 heterocycles. The molecule has 27 heavy (non-hydrogen) atoms. The molecule has 152 valence electrons. The van der Waals surface area contributed by atoms with Crippen molar-refractivity contribution >= 4 is 39.3 Å². The Balaban J connectivity index is 1.95. The van der Waals surface area contributed by atoms with Crippen molar-refractivity contribution in [1.29, 1.82) is 0 Å². The first kappa shape index (κ1) is 22.3. The van der Waals surface area contributed by atoms with Crippen LogP contribution in [0, 0.1) is 5.92 Å². The van der Waals surface area contributed by atoms with Crippen LogP contribution in [0.25, 0.3) is 0 Å². The Kier molecular flexibility index (Phi) is 7.41. The number of nitrogens with one attached hydrogen (secondary N) is 1. The van der Waals surface area contributed by atoms with Crippen LogP contribution in [0.2, 0.25) is 10.0 Å². The molecule has 9 heteroatoms. The summed E-state index contributed by atoms with van der Waals surface area (Å²) in [4.78, 5) is 11.8. The van der Waals surface area contributed by atoms with Crippen LogP contribution in [0.15, 0.2) is 18.2 Å². The van der Waals surface area contributed by atoms with Gasteiger partial charge in [0.2, 0.25) is 10.0 Å². The van der Waals surface area contributed by atoms with Gasteiger partial charge in [0.05, 0.1) is 5.75 Å². The molecule has 1 atom stereocenters. The van der Waals surface area contributed by atoms with Gasteiger partial charge in [0, 0.05) is 29.7 Å². The van der Waals surface area contributed by atoms with E-state index in [0.29, 0.717) is 35.2 Å². The number of piperidine rings is 1. The van der Waals surface area contributed by atoms with E-state index in [1.807, 2.05) is 0 Å². The minimum atomic E-state index is -3.51. The van der Waals surface area contributed by atoms with E-state index in [2.05, 4.69) is 5.32 Å². The number of alkyl carbamates (subject to hydrolysis) is 1. The van der Waals surface area contributed by atoms with Gasteiger partial charge in [-0.1, -0.05) is 29.3 Å². The third kappa shape index (κ3) is 7.14. The molecular weight excluding hydrogens is 411 g/mol. The zero-order chi connectivity index (χ0) is 20.2. The van der Waals surface area contributed by atoms with E-state index in [4.69, 9.17) is 27.9 Å². The lowest BCUT2D eigenvalue weighted by molar-refractivity contribution is 0.0513. The van der Waals surface area contributed by atoms with Crippen molar-refractivity contribution < 1.29 is 17.9 Å². The summed E-state index contributed by atoms with van der Waals surface area (Å²) in [5.41, 5.74) is -0.0424.